The van der Waals surface area contributed by atoms with Crippen LogP contribution >= 0.6 is 11.6 Å². The summed E-state index contributed by atoms with van der Waals surface area (Å²) in [5, 5.41) is 9.69. The third-order valence-electron chi connectivity index (χ3n) is 3.02. The molecule has 94 valence electrons. The number of nitrogens with zero attached hydrogens (tertiary/aromatic N) is 1. The highest BCUT2D eigenvalue weighted by Gasteiger charge is 2.06. The average Bonchev–Trinajstić information content (AvgIpc) is 2.38. The van der Waals surface area contributed by atoms with Crippen LogP contribution in [0.4, 0.5) is 11.4 Å². The number of aliphatic hydroxyl groups is 1. The molecule has 0 fully saturated rings. The summed E-state index contributed by atoms with van der Waals surface area (Å²) in [6.07, 6.45) is 0. The molecule has 0 spiro atoms. The summed E-state index contributed by atoms with van der Waals surface area (Å²) in [7, 11) is 1.99. The summed E-state index contributed by atoms with van der Waals surface area (Å²) in [6, 6.07) is 14.0. The van der Waals surface area contributed by atoms with Crippen molar-refractivity contribution in [3.63, 3.8) is 0 Å². The van der Waals surface area contributed by atoms with Gasteiger partial charge in [0.15, 0.2) is 0 Å². The molecule has 0 atom stereocenters. The third-order valence-corrected chi connectivity index (χ3v) is 3.37. The number of hydrogen-bond donors (Lipinski definition) is 1. The van der Waals surface area contributed by atoms with Crippen LogP contribution in [0.1, 0.15) is 11.1 Å². The van der Waals surface area contributed by atoms with E-state index in [0.717, 1.165) is 16.9 Å². The maximum absolute atomic E-state index is 9.10. The molecule has 2 rings (SSSR count). The fourth-order valence-electron chi connectivity index (χ4n) is 1.79. The predicted molar refractivity (Wildman–Crippen MR) is 76.6 cm³/mol. The molecule has 18 heavy (non-hydrogen) atoms. The second-order valence-electron chi connectivity index (χ2n) is 4.33. The Morgan fingerprint density at radius 3 is 2.22 bits per heavy atom. The molecule has 0 bridgehead atoms. The molecule has 1 N–H and O–H groups in total. The van der Waals surface area contributed by atoms with Crippen LogP contribution < -0.4 is 4.90 Å². The highest BCUT2D eigenvalue weighted by atomic mass is 35.5. The van der Waals surface area contributed by atoms with Crippen LogP contribution in [0, 0.1) is 6.92 Å². The lowest BCUT2D eigenvalue weighted by atomic mass is 10.1. The van der Waals surface area contributed by atoms with Crippen LogP contribution in [0.3, 0.4) is 0 Å². The number of aliphatic hydroxyl groups excluding tert-OH is 1. The molecule has 0 aromatic heterocycles. The van der Waals surface area contributed by atoms with Crippen molar-refractivity contribution in [3.8, 4) is 0 Å². The molecule has 3 heteroatoms. The van der Waals surface area contributed by atoms with E-state index in [1.54, 1.807) is 0 Å². The largest absolute Gasteiger partial charge is 0.392 e. The fourth-order valence-corrected chi connectivity index (χ4v) is 2.03. The van der Waals surface area contributed by atoms with Gasteiger partial charge in [-0.05, 0) is 36.8 Å². The minimum Gasteiger partial charge on any atom is -0.392 e. The molecule has 0 saturated heterocycles. The van der Waals surface area contributed by atoms with E-state index in [4.69, 9.17) is 16.7 Å². The topological polar surface area (TPSA) is 23.5 Å². The van der Waals surface area contributed by atoms with Gasteiger partial charge in [0.25, 0.3) is 0 Å². The molecule has 0 aliphatic rings. The van der Waals surface area contributed by atoms with Crippen molar-refractivity contribution in [2.75, 3.05) is 11.9 Å². The van der Waals surface area contributed by atoms with Crippen molar-refractivity contribution in [1.29, 1.82) is 0 Å². The van der Waals surface area contributed by atoms with Crippen LogP contribution in [-0.2, 0) is 6.61 Å². The lowest BCUT2D eigenvalue weighted by Gasteiger charge is -2.20. The second kappa shape index (κ2) is 5.42. The van der Waals surface area contributed by atoms with Crippen molar-refractivity contribution in [1.82, 2.24) is 0 Å². The van der Waals surface area contributed by atoms with Crippen LogP contribution in [0.5, 0.6) is 0 Å². The summed E-state index contributed by atoms with van der Waals surface area (Å²) >= 11 is 6.10. The summed E-state index contributed by atoms with van der Waals surface area (Å²) in [5.41, 5.74) is 4.09. The monoisotopic (exact) mass is 261 g/mol. The van der Waals surface area contributed by atoms with Crippen LogP contribution in [0.15, 0.2) is 42.5 Å². The van der Waals surface area contributed by atoms with Crippen molar-refractivity contribution in [2.24, 2.45) is 0 Å². The molecule has 0 aliphatic carbocycles. The molecule has 2 aromatic carbocycles. The van der Waals surface area contributed by atoms with Gasteiger partial charge in [0.05, 0.1) is 6.61 Å². The van der Waals surface area contributed by atoms with Gasteiger partial charge in [-0.25, -0.2) is 0 Å². The molecule has 0 unspecified atom stereocenters. The van der Waals surface area contributed by atoms with E-state index in [-0.39, 0.29) is 6.61 Å². The first-order valence-electron chi connectivity index (χ1n) is 5.81. The normalized spacial score (nSPS) is 10.4. The van der Waals surface area contributed by atoms with E-state index in [0.29, 0.717) is 5.02 Å². The Kier molecular flexibility index (Phi) is 3.90. The van der Waals surface area contributed by atoms with Gasteiger partial charge in [0.2, 0.25) is 0 Å². The second-order valence-corrected chi connectivity index (χ2v) is 4.74. The van der Waals surface area contributed by atoms with Gasteiger partial charge in [-0.15, -0.1) is 0 Å². The average molecular weight is 262 g/mol. The smallest absolute Gasteiger partial charge is 0.0696 e. The van der Waals surface area contributed by atoms with Gasteiger partial charge in [-0.2, -0.15) is 0 Å². The van der Waals surface area contributed by atoms with Crippen molar-refractivity contribution < 1.29 is 5.11 Å². The number of benzene rings is 2. The van der Waals surface area contributed by atoms with E-state index in [9.17, 15) is 0 Å². The Morgan fingerprint density at radius 1 is 1.06 bits per heavy atom. The van der Waals surface area contributed by atoms with Gasteiger partial charge < -0.3 is 10.0 Å². The number of halogens is 1. The molecular weight excluding hydrogens is 246 g/mol. The molecule has 2 aromatic rings. The Hall–Kier alpha value is -1.51. The Bertz CT molecular complexity index is 537. The molecule has 0 heterocycles. The Labute approximate surface area is 112 Å². The minimum absolute atomic E-state index is 0.0344. The first kappa shape index (κ1) is 12.9. The molecule has 0 amide bonds. The highest BCUT2D eigenvalue weighted by molar-refractivity contribution is 6.31. The molecule has 0 saturated carbocycles. The number of hydrogen-bond acceptors (Lipinski definition) is 2. The Balaban J connectivity index is 2.31. The number of rotatable bonds is 3. The summed E-state index contributed by atoms with van der Waals surface area (Å²) < 4.78 is 0. The molecule has 2 nitrogen and oxygen atoms in total. The molecule has 0 radical (unpaired) electrons. The first-order chi connectivity index (χ1) is 8.61. The SMILES string of the molecule is Cc1ccc(N(C)c2ccc(CO)c(Cl)c2)cc1. The zero-order valence-corrected chi connectivity index (χ0v) is 11.3. The van der Waals surface area contributed by atoms with Gasteiger partial charge in [-0.3, -0.25) is 0 Å². The summed E-state index contributed by atoms with van der Waals surface area (Å²) in [5.74, 6) is 0. The van der Waals surface area contributed by atoms with E-state index in [1.165, 1.54) is 5.56 Å². The zero-order chi connectivity index (χ0) is 13.1. The maximum atomic E-state index is 9.10. The van der Waals surface area contributed by atoms with Gasteiger partial charge in [0.1, 0.15) is 0 Å². The lowest BCUT2D eigenvalue weighted by molar-refractivity contribution is 0.282. The van der Waals surface area contributed by atoms with Gasteiger partial charge in [-0.1, -0.05) is 35.4 Å². The number of aryl methyl sites for hydroxylation is 1. The quantitative estimate of drug-likeness (QED) is 0.906. The van der Waals surface area contributed by atoms with E-state index in [1.807, 2.05) is 25.2 Å². The number of anilines is 2. The van der Waals surface area contributed by atoms with Gasteiger partial charge >= 0.3 is 0 Å². The molecular formula is C15H16ClNO. The summed E-state index contributed by atoms with van der Waals surface area (Å²) in [6.45, 7) is 2.03. The van der Waals surface area contributed by atoms with Crippen molar-refractivity contribution in [3.05, 3.63) is 58.6 Å². The predicted octanol–water partition coefficient (Wildman–Crippen LogP) is 3.91. The lowest BCUT2D eigenvalue weighted by Crippen LogP contribution is -2.09. The van der Waals surface area contributed by atoms with Crippen molar-refractivity contribution in [2.45, 2.75) is 13.5 Å². The van der Waals surface area contributed by atoms with Crippen LogP contribution in [-0.4, -0.2) is 12.2 Å². The zero-order valence-electron chi connectivity index (χ0n) is 10.5. The van der Waals surface area contributed by atoms with Crippen LogP contribution in [0.25, 0.3) is 0 Å². The van der Waals surface area contributed by atoms with E-state index < -0.39 is 0 Å². The molecule has 0 aliphatic heterocycles. The van der Waals surface area contributed by atoms with E-state index in [2.05, 4.69) is 36.1 Å². The van der Waals surface area contributed by atoms with Crippen LogP contribution in [0.2, 0.25) is 5.02 Å². The highest BCUT2D eigenvalue weighted by Crippen LogP contribution is 2.28. The van der Waals surface area contributed by atoms with Crippen molar-refractivity contribution >= 4 is 23.0 Å². The third kappa shape index (κ3) is 2.66. The Morgan fingerprint density at radius 2 is 1.67 bits per heavy atom. The summed E-state index contributed by atoms with van der Waals surface area (Å²) in [4.78, 5) is 2.06. The fraction of sp³-hybridized carbons (Fsp3) is 0.200. The minimum atomic E-state index is -0.0344. The van der Waals surface area contributed by atoms with Gasteiger partial charge in [0, 0.05) is 23.4 Å². The maximum Gasteiger partial charge on any atom is 0.0696 e. The first-order valence-corrected chi connectivity index (χ1v) is 6.19. The van der Waals surface area contributed by atoms with E-state index >= 15 is 0 Å². The standard InChI is InChI=1S/C15H16ClNO/c1-11-3-6-13(7-4-11)17(2)14-8-5-12(10-18)15(16)9-14/h3-9,18H,10H2,1-2H3.